The van der Waals surface area contributed by atoms with Crippen molar-refractivity contribution in [3.05, 3.63) is 16.9 Å². The van der Waals surface area contributed by atoms with E-state index >= 15 is 0 Å². The lowest BCUT2D eigenvalue weighted by Crippen LogP contribution is -2.40. The minimum Gasteiger partial charge on any atom is -0.466 e. The fourth-order valence-electron chi connectivity index (χ4n) is 2.99. The molecular weight excluding hydrogens is 352 g/mol. The number of nitrogen functional groups attached to an aromatic ring is 1. The second kappa shape index (κ2) is 7.86. The van der Waals surface area contributed by atoms with Crippen LogP contribution < -0.4 is 16.0 Å². The molecule has 3 rings (SSSR count). The minimum absolute atomic E-state index is 0.154. The Morgan fingerprint density at radius 3 is 2.96 bits per heavy atom. The van der Waals surface area contributed by atoms with E-state index in [4.69, 9.17) is 10.5 Å². The number of piperidine rings is 1. The van der Waals surface area contributed by atoms with Crippen molar-refractivity contribution in [3.8, 4) is 0 Å². The molecule has 2 aromatic rings. The van der Waals surface area contributed by atoms with Crippen LogP contribution in [0.2, 0.25) is 0 Å². The predicted octanol–water partition coefficient (Wildman–Crippen LogP) is 2.66. The maximum atomic E-state index is 12.1. The van der Waals surface area contributed by atoms with E-state index < -0.39 is 0 Å². The zero-order valence-electron chi connectivity index (χ0n) is 15.3. The van der Waals surface area contributed by atoms with Crippen LogP contribution >= 0.6 is 11.3 Å². The normalized spacial score (nSPS) is 17.2. The van der Waals surface area contributed by atoms with Crippen molar-refractivity contribution in [2.75, 3.05) is 35.6 Å². The Morgan fingerprint density at radius 1 is 1.46 bits per heavy atom. The van der Waals surface area contributed by atoms with Gasteiger partial charge < -0.3 is 20.7 Å². The standard InChI is InChI=1S/C17H24N6O2S/c1-4-25-16(24)12-6-5-7-23(8-12)15-13(18)14(19-9-20-15)22-17-21-10(2)11(3)26-17/h9,12H,4-8,18H2,1-3H3,(H,19,20,21,22). The number of carbonyl (C=O) groups excluding carboxylic acids is 1. The molecule has 1 saturated heterocycles. The second-order valence-electron chi connectivity index (χ2n) is 6.28. The summed E-state index contributed by atoms with van der Waals surface area (Å²) in [6.45, 7) is 7.55. The van der Waals surface area contributed by atoms with Crippen LogP contribution in [0.3, 0.4) is 0 Å². The average molecular weight is 376 g/mol. The number of nitrogens with zero attached hydrogens (tertiary/aromatic N) is 4. The van der Waals surface area contributed by atoms with Crippen molar-refractivity contribution < 1.29 is 9.53 Å². The first kappa shape index (κ1) is 18.4. The summed E-state index contributed by atoms with van der Waals surface area (Å²) in [5.74, 6) is 0.860. The highest BCUT2D eigenvalue weighted by molar-refractivity contribution is 7.15. The summed E-state index contributed by atoms with van der Waals surface area (Å²) in [5, 5.41) is 3.93. The molecule has 1 atom stereocenters. The van der Waals surface area contributed by atoms with Gasteiger partial charge in [0, 0.05) is 18.0 Å². The molecule has 1 aliphatic rings. The summed E-state index contributed by atoms with van der Waals surface area (Å²) in [6.07, 6.45) is 3.19. The lowest BCUT2D eigenvalue weighted by molar-refractivity contribution is -0.148. The van der Waals surface area contributed by atoms with E-state index in [0.717, 1.165) is 35.1 Å². The topological polar surface area (TPSA) is 106 Å². The Morgan fingerprint density at radius 2 is 2.27 bits per heavy atom. The highest BCUT2D eigenvalue weighted by atomic mass is 32.1. The van der Waals surface area contributed by atoms with Crippen LogP contribution in [-0.4, -0.2) is 40.6 Å². The molecule has 3 N–H and O–H groups in total. The number of carbonyl (C=O) groups is 1. The molecule has 140 valence electrons. The Kier molecular flexibility index (Phi) is 5.55. The number of nitrogens with two attached hydrogens (primary N) is 1. The van der Waals surface area contributed by atoms with Gasteiger partial charge in [-0.2, -0.15) is 0 Å². The molecular formula is C17H24N6O2S. The van der Waals surface area contributed by atoms with Gasteiger partial charge in [-0.1, -0.05) is 0 Å². The number of aromatic nitrogens is 3. The van der Waals surface area contributed by atoms with E-state index in [2.05, 4.69) is 20.3 Å². The lowest BCUT2D eigenvalue weighted by Gasteiger charge is -2.33. The summed E-state index contributed by atoms with van der Waals surface area (Å²) in [5.41, 5.74) is 7.76. The SMILES string of the molecule is CCOC(=O)C1CCCN(c2ncnc(Nc3nc(C)c(C)s3)c2N)C1. The van der Waals surface area contributed by atoms with Crippen LogP contribution in [0.15, 0.2) is 6.33 Å². The molecule has 1 aliphatic heterocycles. The summed E-state index contributed by atoms with van der Waals surface area (Å²) in [4.78, 5) is 28.3. The third-order valence-corrected chi connectivity index (χ3v) is 5.45. The molecule has 1 unspecified atom stereocenters. The number of thiazole rings is 1. The van der Waals surface area contributed by atoms with Crippen molar-refractivity contribution in [2.45, 2.75) is 33.6 Å². The van der Waals surface area contributed by atoms with Gasteiger partial charge in [-0.3, -0.25) is 4.79 Å². The number of aryl methyl sites for hydroxylation is 2. The van der Waals surface area contributed by atoms with E-state index in [9.17, 15) is 4.79 Å². The second-order valence-corrected chi connectivity index (χ2v) is 7.49. The Balaban J connectivity index is 1.79. The van der Waals surface area contributed by atoms with Gasteiger partial charge in [-0.05, 0) is 33.6 Å². The highest BCUT2D eigenvalue weighted by Crippen LogP contribution is 2.33. The molecule has 3 heterocycles. The Bertz CT molecular complexity index is 774. The van der Waals surface area contributed by atoms with Crippen LogP contribution in [0.4, 0.5) is 22.5 Å². The van der Waals surface area contributed by atoms with Gasteiger partial charge >= 0.3 is 5.97 Å². The summed E-state index contributed by atoms with van der Waals surface area (Å²) >= 11 is 1.56. The largest absolute Gasteiger partial charge is 0.466 e. The van der Waals surface area contributed by atoms with Crippen LogP contribution in [0.1, 0.15) is 30.3 Å². The first-order valence-electron chi connectivity index (χ1n) is 8.72. The molecule has 0 amide bonds. The molecule has 8 nitrogen and oxygen atoms in total. The predicted molar refractivity (Wildman–Crippen MR) is 103 cm³/mol. The zero-order valence-corrected chi connectivity index (χ0v) is 16.1. The monoisotopic (exact) mass is 376 g/mol. The number of hydrogen-bond donors (Lipinski definition) is 2. The van der Waals surface area contributed by atoms with Crippen LogP contribution in [0.25, 0.3) is 0 Å². The van der Waals surface area contributed by atoms with Crippen molar-refractivity contribution in [1.29, 1.82) is 0 Å². The molecule has 0 saturated carbocycles. The molecule has 1 fully saturated rings. The average Bonchev–Trinajstić information content (AvgIpc) is 2.94. The van der Waals surface area contributed by atoms with Gasteiger partial charge in [-0.15, -0.1) is 11.3 Å². The van der Waals surface area contributed by atoms with Crippen molar-refractivity contribution in [2.24, 2.45) is 5.92 Å². The Hall–Kier alpha value is -2.42. The van der Waals surface area contributed by atoms with Gasteiger partial charge in [-0.25, -0.2) is 15.0 Å². The van der Waals surface area contributed by atoms with Gasteiger partial charge in [0.05, 0.1) is 18.2 Å². The highest BCUT2D eigenvalue weighted by Gasteiger charge is 2.29. The number of nitrogens with one attached hydrogen (secondary N) is 1. The van der Waals surface area contributed by atoms with Gasteiger partial charge in [0.15, 0.2) is 16.8 Å². The summed E-state index contributed by atoms with van der Waals surface area (Å²) in [6, 6.07) is 0. The van der Waals surface area contributed by atoms with Gasteiger partial charge in [0.2, 0.25) is 0 Å². The van der Waals surface area contributed by atoms with Crippen LogP contribution in [0.5, 0.6) is 0 Å². The molecule has 26 heavy (non-hydrogen) atoms. The number of anilines is 4. The van der Waals surface area contributed by atoms with E-state index in [0.29, 0.717) is 30.5 Å². The lowest BCUT2D eigenvalue weighted by atomic mass is 9.98. The van der Waals surface area contributed by atoms with E-state index in [1.807, 2.05) is 25.7 Å². The molecule has 0 spiro atoms. The molecule has 0 aliphatic carbocycles. The molecule has 0 aromatic carbocycles. The maximum Gasteiger partial charge on any atom is 0.310 e. The molecule has 0 bridgehead atoms. The number of ether oxygens (including phenoxy) is 1. The smallest absolute Gasteiger partial charge is 0.310 e. The first-order chi connectivity index (χ1) is 12.5. The molecule has 9 heteroatoms. The van der Waals surface area contributed by atoms with E-state index in [-0.39, 0.29) is 11.9 Å². The summed E-state index contributed by atoms with van der Waals surface area (Å²) in [7, 11) is 0. The van der Waals surface area contributed by atoms with Gasteiger partial charge in [0.1, 0.15) is 12.0 Å². The first-order valence-corrected chi connectivity index (χ1v) is 9.54. The number of rotatable bonds is 5. The van der Waals surface area contributed by atoms with Crippen molar-refractivity contribution in [1.82, 2.24) is 15.0 Å². The molecule has 2 aromatic heterocycles. The summed E-state index contributed by atoms with van der Waals surface area (Å²) < 4.78 is 5.16. The van der Waals surface area contributed by atoms with E-state index in [1.165, 1.54) is 6.33 Å². The quantitative estimate of drug-likeness (QED) is 0.767. The fourth-order valence-corrected chi connectivity index (χ4v) is 3.80. The molecule has 0 radical (unpaired) electrons. The van der Waals surface area contributed by atoms with Gasteiger partial charge in [0.25, 0.3) is 0 Å². The van der Waals surface area contributed by atoms with E-state index in [1.54, 1.807) is 11.3 Å². The fraction of sp³-hybridized carbons (Fsp3) is 0.529. The zero-order chi connectivity index (χ0) is 18.7. The van der Waals surface area contributed by atoms with Crippen LogP contribution in [-0.2, 0) is 9.53 Å². The third kappa shape index (κ3) is 3.87. The number of hydrogen-bond acceptors (Lipinski definition) is 9. The van der Waals surface area contributed by atoms with Crippen molar-refractivity contribution >= 4 is 39.8 Å². The Labute approximate surface area is 156 Å². The minimum atomic E-state index is -0.156. The van der Waals surface area contributed by atoms with Crippen molar-refractivity contribution in [3.63, 3.8) is 0 Å². The third-order valence-electron chi connectivity index (χ3n) is 4.46. The van der Waals surface area contributed by atoms with Crippen LogP contribution in [0, 0.1) is 19.8 Å². The number of esters is 1. The maximum absolute atomic E-state index is 12.1.